The molecule has 0 unspecified atom stereocenters. The van der Waals surface area contributed by atoms with Gasteiger partial charge in [0.1, 0.15) is 0 Å². The highest BCUT2D eigenvalue weighted by Gasteiger charge is 2.16. The molecule has 0 saturated heterocycles. The van der Waals surface area contributed by atoms with Gasteiger partial charge in [-0.25, -0.2) is 9.10 Å². The van der Waals surface area contributed by atoms with Crippen LogP contribution in [-0.4, -0.2) is 17.8 Å². The Balaban J connectivity index is 0.00000288. The van der Waals surface area contributed by atoms with Gasteiger partial charge in [-0.2, -0.15) is 0 Å². The number of hydrogen-bond donors (Lipinski definition) is 3. The fourth-order valence-corrected chi connectivity index (χ4v) is 2.32. The number of hydrogen-bond acceptors (Lipinski definition) is 4. The van der Waals surface area contributed by atoms with Gasteiger partial charge >= 0.3 is 6.03 Å². The number of nitrogens with zero attached hydrogens (tertiary/aromatic N) is 1. The van der Waals surface area contributed by atoms with Crippen molar-refractivity contribution in [2.24, 2.45) is 5.73 Å². The van der Waals surface area contributed by atoms with E-state index >= 15 is 0 Å². The Morgan fingerprint density at radius 1 is 1.04 bits per heavy atom. The van der Waals surface area contributed by atoms with Crippen LogP contribution in [0.5, 0.6) is 0 Å². The number of urea groups is 1. The zero-order chi connectivity index (χ0) is 17.0. The van der Waals surface area contributed by atoms with Crippen LogP contribution in [0.1, 0.15) is 20.7 Å². The van der Waals surface area contributed by atoms with Gasteiger partial charge < -0.3 is 5.73 Å². The Morgan fingerprint density at radius 3 is 2.21 bits per heavy atom. The number of nitrogens with one attached hydrogen (secondary N) is 1. The van der Waals surface area contributed by atoms with Gasteiger partial charge in [-0.05, 0) is 42.5 Å². The predicted molar refractivity (Wildman–Crippen MR) is 101 cm³/mol. The minimum absolute atomic E-state index is 0. The molecule has 24 heavy (non-hydrogen) atoms. The normalized spacial score (nSPS) is 9.58. The lowest BCUT2D eigenvalue weighted by molar-refractivity contribution is 0.0964. The topological polar surface area (TPSA) is 92.5 Å². The van der Waals surface area contributed by atoms with Gasteiger partial charge in [0.25, 0.3) is 5.91 Å². The van der Waals surface area contributed by atoms with Crippen molar-refractivity contribution < 1.29 is 14.4 Å². The number of halogens is 2. The number of primary amides is 1. The summed E-state index contributed by atoms with van der Waals surface area (Å²) in [4.78, 5) is 35.1. The molecular formula is C15H13BrClN3O3S. The molecule has 2 aromatic carbocycles. The second kappa shape index (κ2) is 8.72. The summed E-state index contributed by atoms with van der Waals surface area (Å²) in [5, 5.41) is 2.22. The summed E-state index contributed by atoms with van der Waals surface area (Å²) in [6.07, 6.45) is 0. The average Bonchev–Trinajstić information content (AvgIpc) is 2.54. The number of amides is 4. The van der Waals surface area contributed by atoms with E-state index in [9.17, 15) is 14.4 Å². The van der Waals surface area contributed by atoms with Crippen LogP contribution in [0.2, 0.25) is 0 Å². The van der Waals surface area contributed by atoms with Crippen LogP contribution in [0, 0.1) is 0 Å². The molecule has 3 N–H and O–H groups in total. The largest absolute Gasteiger partial charge is 0.366 e. The van der Waals surface area contributed by atoms with Crippen LogP contribution < -0.4 is 15.4 Å². The van der Waals surface area contributed by atoms with E-state index in [4.69, 9.17) is 5.73 Å². The maximum absolute atomic E-state index is 12.0. The molecule has 0 aliphatic rings. The van der Waals surface area contributed by atoms with E-state index in [0.29, 0.717) is 16.8 Å². The molecule has 126 valence electrons. The SMILES string of the molecule is Cl.NC(=O)c1ccc(N(S)C(=O)NC(=O)c2cccc(Br)c2)cc1. The molecule has 0 spiro atoms. The third-order valence-electron chi connectivity index (χ3n) is 2.90. The highest BCUT2D eigenvalue weighted by atomic mass is 79.9. The number of carbonyl (C=O) groups excluding carboxylic acids is 3. The van der Waals surface area contributed by atoms with Crippen molar-refractivity contribution in [2.75, 3.05) is 4.31 Å². The number of nitrogens with two attached hydrogens (primary N) is 1. The van der Waals surface area contributed by atoms with Crippen molar-refractivity contribution in [1.82, 2.24) is 5.32 Å². The van der Waals surface area contributed by atoms with Crippen molar-refractivity contribution in [2.45, 2.75) is 0 Å². The van der Waals surface area contributed by atoms with Gasteiger partial charge in [0, 0.05) is 15.6 Å². The third kappa shape index (κ3) is 4.98. The molecule has 0 aliphatic carbocycles. The molecule has 9 heteroatoms. The molecule has 2 rings (SSSR count). The number of rotatable bonds is 3. The molecule has 0 aliphatic heterocycles. The summed E-state index contributed by atoms with van der Waals surface area (Å²) < 4.78 is 1.68. The molecule has 0 atom stereocenters. The van der Waals surface area contributed by atoms with Crippen LogP contribution in [0.15, 0.2) is 53.0 Å². The molecule has 2 aromatic rings. The van der Waals surface area contributed by atoms with Crippen LogP contribution in [0.3, 0.4) is 0 Å². The van der Waals surface area contributed by atoms with Gasteiger partial charge in [-0.15, -0.1) is 12.4 Å². The number of anilines is 1. The maximum atomic E-state index is 12.0. The second-order valence-electron chi connectivity index (χ2n) is 4.49. The lowest BCUT2D eigenvalue weighted by Gasteiger charge is -2.16. The third-order valence-corrected chi connectivity index (χ3v) is 3.80. The fraction of sp³-hybridized carbons (Fsp3) is 0. The molecule has 0 saturated carbocycles. The lowest BCUT2D eigenvalue weighted by atomic mass is 10.2. The molecule has 6 nitrogen and oxygen atoms in total. The van der Waals surface area contributed by atoms with Crippen LogP contribution in [-0.2, 0) is 0 Å². The molecule has 0 fully saturated rings. The van der Waals surface area contributed by atoms with Crippen molar-refractivity contribution in [3.63, 3.8) is 0 Å². The summed E-state index contributed by atoms with van der Waals surface area (Å²) in [5.74, 6) is -1.12. The van der Waals surface area contributed by atoms with Crippen molar-refractivity contribution in [3.05, 3.63) is 64.1 Å². The summed E-state index contributed by atoms with van der Waals surface area (Å²) in [6, 6.07) is 11.8. The summed E-state index contributed by atoms with van der Waals surface area (Å²) >= 11 is 7.30. The number of benzene rings is 2. The number of imide groups is 1. The summed E-state index contributed by atoms with van der Waals surface area (Å²) in [6.45, 7) is 0. The number of thiol groups is 1. The van der Waals surface area contributed by atoms with Crippen LogP contribution in [0.4, 0.5) is 10.5 Å². The minimum atomic E-state index is -0.717. The van der Waals surface area contributed by atoms with E-state index in [1.165, 1.54) is 24.3 Å². The molecule has 0 radical (unpaired) electrons. The molecule has 0 heterocycles. The smallest absolute Gasteiger partial charge is 0.338 e. The second-order valence-corrected chi connectivity index (χ2v) is 5.81. The Bertz CT molecular complexity index is 771. The Morgan fingerprint density at radius 2 is 1.67 bits per heavy atom. The van der Waals surface area contributed by atoms with E-state index < -0.39 is 17.8 Å². The lowest BCUT2D eigenvalue weighted by Crippen LogP contribution is -2.38. The first-order valence-corrected chi connectivity index (χ1v) is 7.57. The molecule has 0 bridgehead atoms. The van der Waals surface area contributed by atoms with Gasteiger partial charge in [0.15, 0.2) is 0 Å². The highest BCUT2D eigenvalue weighted by molar-refractivity contribution is 9.10. The first kappa shape index (κ1) is 20.0. The van der Waals surface area contributed by atoms with E-state index in [2.05, 4.69) is 34.1 Å². The Labute approximate surface area is 158 Å². The molecule has 4 amide bonds. The zero-order valence-corrected chi connectivity index (χ0v) is 15.4. The van der Waals surface area contributed by atoms with Gasteiger partial charge in [-0.1, -0.05) is 34.8 Å². The van der Waals surface area contributed by atoms with Crippen molar-refractivity contribution >= 4 is 64.7 Å². The van der Waals surface area contributed by atoms with E-state index in [1.807, 2.05) is 0 Å². The predicted octanol–water partition coefficient (Wildman–Crippen LogP) is 3.17. The van der Waals surface area contributed by atoms with Crippen LogP contribution >= 0.6 is 41.2 Å². The molecule has 0 aromatic heterocycles. The van der Waals surface area contributed by atoms with E-state index in [0.717, 1.165) is 8.78 Å². The Hall–Kier alpha value is -2.03. The number of carbonyl (C=O) groups is 3. The standard InChI is InChI=1S/C15H12BrN3O3S.ClH/c16-11-3-1-2-10(8-11)14(21)18-15(22)19(23)12-6-4-9(5-7-12)13(17)20;/h1-8,23H,(H2,17,20)(H,18,21,22);1H. The van der Waals surface area contributed by atoms with E-state index in [1.54, 1.807) is 24.3 Å². The van der Waals surface area contributed by atoms with Crippen molar-refractivity contribution in [3.8, 4) is 0 Å². The fourth-order valence-electron chi connectivity index (χ4n) is 1.74. The van der Waals surface area contributed by atoms with Gasteiger partial charge in [-0.3, -0.25) is 14.9 Å². The van der Waals surface area contributed by atoms with Crippen LogP contribution in [0.25, 0.3) is 0 Å². The quantitative estimate of drug-likeness (QED) is 0.653. The monoisotopic (exact) mass is 429 g/mol. The molecular weight excluding hydrogens is 418 g/mol. The zero-order valence-electron chi connectivity index (χ0n) is 12.1. The first-order chi connectivity index (χ1) is 10.9. The average molecular weight is 431 g/mol. The van der Waals surface area contributed by atoms with Crippen molar-refractivity contribution in [1.29, 1.82) is 0 Å². The summed E-state index contributed by atoms with van der Waals surface area (Å²) in [5.41, 5.74) is 6.17. The first-order valence-electron chi connectivity index (χ1n) is 6.38. The van der Waals surface area contributed by atoms with E-state index in [-0.39, 0.29) is 12.4 Å². The highest BCUT2D eigenvalue weighted by Crippen LogP contribution is 2.17. The van der Waals surface area contributed by atoms with Gasteiger partial charge in [0.05, 0.1) is 5.69 Å². The summed E-state index contributed by atoms with van der Waals surface area (Å²) in [7, 11) is 0. The maximum Gasteiger partial charge on any atom is 0.338 e. The Kier molecular flexibility index (Phi) is 7.27. The van der Waals surface area contributed by atoms with Gasteiger partial charge in [0.2, 0.25) is 5.91 Å². The minimum Gasteiger partial charge on any atom is -0.366 e.